The van der Waals surface area contributed by atoms with Crippen molar-refractivity contribution in [2.75, 3.05) is 18.5 Å². The smallest absolute Gasteiger partial charge is 0.248 e. The zero-order valence-corrected chi connectivity index (χ0v) is 17.3. The number of nitrogens with one attached hydrogen (secondary N) is 1. The Kier molecular flexibility index (Phi) is 7.21. The molecule has 3 rings (SSSR count). The quantitative estimate of drug-likeness (QED) is 0.509. The van der Waals surface area contributed by atoms with Crippen molar-refractivity contribution in [3.63, 3.8) is 0 Å². The average molecular weight is 407 g/mol. The van der Waals surface area contributed by atoms with Gasteiger partial charge in [0.05, 0.1) is 13.2 Å². The number of amides is 1. The Hall–Kier alpha value is -3.61. The van der Waals surface area contributed by atoms with E-state index < -0.39 is 0 Å². The largest absolute Gasteiger partial charge is 0.490 e. The first kappa shape index (κ1) is 21.1. The van der Waals surface area contributed by atoms with Gasteiger partial charge in [-0.15, -0.1) is 10.2 Å². The number of ether oxygens (including phenoxy) is 2. The molecule has 0 aliphatic heterocycles. The van der Waals surface area contributed by atoms with Crippen molar-refractivity contribution in [1.29, 1.82) is 0 Å². The molecule has 0 atom stereocenters. The number of hydrogen-bond donors (Lipinski definition) is 1. The molecule has 0 bridgehead atoms. The minimum Gasteiger partial charge on any atom is -0.490 e. The van der Waals surface area contributed by atoms with Crippen molar-refractivity contribution < 1.29 is 18.7 Å². The molecule has 0 radical (unpaired) electrons. The summed E-state index contributed by atoms with van der Waals surface area (Å²) in [7, 11) is 0. The van der Waals surface area contributed by atoms with Gasteiger partial charge in [-0.2, -0.15) is 0 Å². The maximum atomic E-state index is 12.4. The second-order valence-electron chi connectivity index (χ2n) is 6.58. The molecule has 2 aromatic carbocycles. The fourth-order valence-electron chi connectivity index (χ4n) is 2.76. The van der Waals surface area contributed by atoms with Crippen molar-refractivity contribution in [2.45, 2.75) is 27.2 Å². The van der Waals surface area contributed by atoms with E-state index in [1.807, 2.05) is 50.2 Å². The number of nitrogens with zero attached hydrogens (tertiary/aromatic N) is 2. The number of anilines is 1. The molecule has 0 aliphatic carbocycles. The van der Waals surface area contributed by atoms with Crippen LogP contribution in [0.5, 0.6) is 11.5 Å². The Morgan fingerprint density at radius 3 is 2.73 bits per heavy atom. The van der Waals surface area contributed by atoms with Crippen molar-refractivity contribution >= 4 is 17.7 Å². The minimum atomic E-state index is -0.245. The van der Waals surface area contributed by atoms with E-state index in [-0.39, 0.29) is 5.91 Å². The summed E-state index contributed by atoms with van der Waals surface area (Å²) < 4.78 is 16.6. The zero-order chi connectivity index (χ0) is 21.3. The molecular formula is C23H25N3O4. The molecule has 1 N–H and O–H groups in total. The lowest BCUT2D eigenvalue weighted by Gasteiger charge is -2.12. The summed E-state index contributed by atoms with van der Waals surface area (Å²) in [5.74, 6) is 1.52. The summed E-state index contributed by atoms with van der Waals surface area (Å²) >= 11 is 0. The van der Waals surface area contributed by atoms with E-state index in [1.54, 1.807) is 6.08 Å². The molecule has 30 heavy (non-hydrogen) atoms. The lowest BCUT2D eigenvalue weighted by molar-refractivity contribution is -0.111. The Balaban J connectivity index is 1.71. The molecule has 7 heteroatoms. The normalized spacial score (nSPS) is 10.9. The van der Waals surface area contributed by atoms with Crippen molar-refractivity contribution in [3.8, 4) is 23.0 Å². The summed E-state index contributed by atoms with van der Waals surface area (Å²) in [4.78, 5) is 12.4. The monoisotopic (exact) mass is 407 g/mol. The molecule has 1 heterocycles. The zero-order valence-electron chi connectivity index (χ0n) is 17.3. The summed E-state index contributed by atoms with van der Waals surface area (Å²) in [5.41, 5.74) is 3.19. The highest BCUT2D eigenvalue weighted by molar-refractivity contribution is 6.02. The first-order chi connectivity index (χ1) is 14.6. The van der Waals surface area contributed by atoms with Crippen LogP contribution < -0.4 is 14.8 Å². The van der Waals surface area contributed by atoms with Gasteiger partial charge in [0, 0.05) is 17.3 Å². The minimum absolute atomic E-state index is 0.245. The molecule has 0 saturated carbocycles. The van der Waals surface area contributed by atoms with Gasteiger partial charge in [0.1, 0.15) is 0 Å². The van der Waals surface area contributed by atoms with E-state index in [0.717, 1.165) is 23.1 Å². The lowest BCUT2D eigenvalue weighted by atomic mass is 10.1. The summed E-state index contributed by atoms with van der Waals surface area (Å²) in [6.07, 6.45) is 5.40. The van der Waals surface area contributed by atoms with Gasteiger partial charge in [-0.25, -0.2) is 0 Å². The van der Waals surface area contributed by atoms with Gasteiger partial charge < -0.3 is 19.2 Å². The van der Waals surface area contributed by atoms with E-state index in [2.05, 4.69) is 22.4 Å². The van der Waals surface area contributed by atoms with E-state index in [9.17, 15) is 4.79 Å². The molecule has 0 unspecified atom stereocenters. The second-order valence-corrected chi connectivity index (χ2v) is 6.58. The summed E-state index contributed by atoms with van der Waals surface area (Å²) in [5, 5.41) is 10.5. The molecule has 0 saturated heterocycles. The van der Waals surface area contributed by atoms with Crippen LogP contribution >= 0.6 is 0 Å². The first-order valence-corrected chi connectivity index (χ1v) is 9.86. The predicted molar refractivity (Wildman–Crippen MR) is 116 cm³/mol. The SMILES string of the molecule is CCCOc1ccc(/C=C/C(=O)Nc2cc(-c3nnco3)ccc2C)cc1OCC. The molecular weight excluding hydrogens is 382 g/mol. The highest BCUT2D eigenvalue weighted by Gasteiger charge is 2.09. The van der Waals surface area contributed by atoms with E-state index in [0.29, 0.717) is 36.3 Å². The predicted octanol–water partition coefficient (Wildman–Crippen LogP) is 4.88. The maximum Gasteiger partial charge on any atom is 0.248 e. The van der Waals surface area contributed by atoms with Crippen molar-refractivity contribution in [2.24, 2.45) is 0 Å². The number of carbonyl (C=O) groups excluding carboxylic acids is 1. The molecule has 0 aliphatic rings. The van der Waals surface area contributed by atoms with Crippen LogP contribution in [0.15, 0.2) is 53.3 Å². The van der Waals surface area contributed by atoms with Crippen molar-refractivity contribution in [1.82, 2.24) is 10.2 Å². The number of aromatic nitrogens is 2. The number of benzene rings is 2. The van der Waals surface area contributed by atoms with Crippen LogP contribution in [0.4, 0.5) is 5.69 Å². The summed E-state index contributed by atoms with van der Waals surface area (Å²) in [6.45, 7) is 7.05. The molecule has 7 nitrogen and oxygen atoms in total. The third-order valence-electron chi connectivity index (χ3n) is 4.26. The number of rotatable bonds is 9. The molecule has 1 aromatic heterocycles. The fourth-order valence-corrected chi connectivity index (χ4v) is 2.76. The average Bonchev–Trinajstić information content (AvgIpc) is 3.28. The van der Waals surface area contributed by atoms with Crippen LogP contribution in [0.25, 0.3) is 17.5 Å². The van der Waals surface area contributed by atoms with Gasteiger partial charge in [-0.1, -0.05) is 19.1 Å². The van der Waals surface area contributed by atoms with Gasteiger partial charge in [0.25, 0.3) is 0 Å². The number of hydrogen-bond acceptors (Lipinski definition) is 6. The highest BCUT2D eigenvalue weighted by Crippen LogP contribution is 2.29. The van der Waals surface area contributed by atoms with Crippen LogP contribution in [0.1, 0.15) is 31.4 Å². The maximum absolute atomic E-state index is 12.4. The molecule has 3 aromatic rings. The number of carbonyl (C=O) groups is 1. The Labute approximate surface area is 175 Å². The third-order valence-corrected chi connectivity index (χ3v) is 4.26. The Morgan fingerprint density at radius 1 is 1.13 bits per heavy atom. The van der Waals surface area contributed by atoms with Crippen LogP contribution in [0, 0.1) is 6.92 Å². The fraction of sp³-hybridized carbons (Fsp3) is 0.261. The van der Waals surface area contributed by atoms with E-state index in [1.165, 1.54) is 12.5 Å². The van der Waals surface area contributed by atoms with E-state index in [4.69, 9.17) is 13.9 Å². The molecule has 0 fully saturated rings. The molecule has 0 spiro atoms. The van der Waals surface area contributed by atoms with Gasteiger partial charge >= 0.3 is 0 Å². The van der Waals surface area contributed by atoms with Gasteiger partial charge in [-0.05, 0) is 61.7 Å². The van der Waals surface area contributed by atoms with Crippen LogP contribution in [-0.4, -0.2) is 29.3 Å². The lowest BCUT2D eigenvalue weighted by Crippen LogP contribution is -2.09. The van der Waals surface area contributed by atoms with Gasteiger partial charge in [0.2, 0.25) is 18.2 Å². The van der Waals surface area contributed by atoms with E-state index >= 15 is 0 Å². The van der Waals surface area contributed by atoms with Crippen molar-refractivity contribution in [3.05, 3.63) is 60.0 Å². The number of aryl methyl sites for hydroxylation is 1. The molecule has 156 valence electrons. The Bertz CT molecular complexity index is 1010. The molecule has 1 amide bonds. The van der Waals surface area contributed by atoms with Crippen LogP contribution in [-0.2, 0) is 4.79 Å². The standard InChI is InChI=1S/C23H25N3O4/c1-4-12-29-20-10-7-17(13-21(20)28-5-2)8-11-22(27)25-19-14-18(9-6-16(19)3)23-26-24-15-30-23/h6-11,13-15H,4-5,12H2,1-3H3,(H,25,27)/b11-8+. The summed E-state index contributed by atoms with van der Waals surface area (Å²) in [6, 6.07) is 11.2. The topological polar surface area (TPSA) is 86.5 Å². The van der Waals surface area contributed by atoms with Gasteiger partial charge in [-0.3, -0.25) is 4.79 Å². The van der Waals surface area contributed by atoms with Crippen LogP contribution in [0.3, 0.4) is 0 Å². The Morgan fingerprint density at radius 2 is 2.00 bits per heavy atom. The van der Waals surface area contributed by atoms with Gasteiger partial charge in [0.15, 0.2) is 11.5 Å². The first-order valence-electron chi connectivity index (χ1n) is 9.86. The third kappa shape index (κ3) is 5.47. The highest BCUT2D eigenvalue weighted by atomic mass is 16.5. The second kappa shape index (κ2) is 10.2. The van der Waals surface area contributed by atoms with Crippen LogP contribution in [0.2, 0.25) is 0 Å².